The van der Waals surface area contributed by atoms with Crippen LogP contribution in [0.2, 0.25) is 5.02 Å². The Balaban J connectivity index is 1.51. The van der Waals surface area contributed by atoms with E-state index in [9.17, 15) is 27.2 Å². The number of alkyl halides is 2. The number of nitrogens with one attached hydrogen (secondary N) is 2. The SMILES string of the molecule is O=C(Nc1cc(-c2ccc3ncnn3c2)cc2c1[C@H](c1cc(F)ccc1Cl)NC2=O)c1cc(F)cc(C(F)F)c1. The van der Waals surface area contributed by atoms with Gasteiger partial charge in [-0.2, -0.15) is 5.10 Å². The molecule has 0 radical (unpaired) electrons. The highest BCUT2D eigenvalue weighted by molar-refractivity contribution is 6.31. The van der Waals surface area contributed by atoms with Crippen molar-refractivity contribution < 1.29 is 27.2 Å². The predicted molar refractivity (Wildman–Crippen MR) is 138 cm³/mol. The molecule has 1 aliphatic rings. The number of fused-ring (bicyclic) bond motifs is 2. The summed E-state index contributed by atoms with van der Waals surface area (Å²) >= 11 is 6.35. The van der Waals surface area contributed by atoms with Crippen LogP contribution >= 0.6 is 11.6 Å². The number of nitrogens with zero attached hydrogens (tertiary/aromatic N) is 3. The van der Waals surface area contributed by atoms with Crippen molar-refractivity contribution in [2.24, 2.45) is 0 Å². The molecule has 1 atom stereocenters. The number of amides is 2. The van der Waals surface area contributed by atoms with E-state index in [4.69, 9.17) is 11.6 Å². The van der Waals surface area contributed by atoms with Crippen LogP contribution in [0.3, 0.4) is 0 Å². The Labute approximate surface area is 228 Å². The fraction of sp³-hybridized carbons (Fsp3) is 0.0714. The molecule has 3 heterocycles. The molecule has 2 aromatic heterocycles. The van der Waals surface area contributed by atoms with Gasteiger partial charge < -0.3 is 10.6 Å². The number of halogens is 5. The summed E-state index contributed by atoms with van der Waals surface area (Å²) in [6.07, 6.45) is 0.0501. The zero-order valence-corrected chi connectivity index (χ0v) is 20.9. The number of carbonyl (C=O) groups excluding carboxylic acids is 2. The first kappa shape index (κ1) is 25.5. The smallest absolute Gasteiger partial charge is 0.263 e. The van der Waals surface area contributed by atoms with Crippen LogP contribution < -0.4 is 10.6 Å². The molecular formula is C28H16ClF4N5O2. The van der Waals surface area contributed by atoms with Gasteiger partial charge in [0.25, 0.3) is 18.2 Å². The molecule has 0 saturated carbocycles. The van der Waals surface area contributed by atoms with Crippen molar-refractivity contribution in [3.63, 3.8) is 0 Å². The number of rotatable bonds is 5. The van der Waals surface area contributed by atoms with Crippen LogP contribution in [0.15, 0.2) is 73.2 Å². The number of anilines is 1. The van der Waals surface area contributed by atoms with Crippen LogP contribution in [0.5, 0.6) is 0 Å². The molecule has 2 amide bonds. The lowest BCUT2D eigenvalue weighted by molar-refractivity contribution is 0.0959. The van der Waals surface area contributed by atoms with Gasteiger partial charge in [0.05, 0.1) is 6.04 Å². The monoisotopic (exact) mass is 565 g/mol. The molecule has 5 aromatic rings. The van der Waals surface area contributed by atoms with Gasteiger partial charge in [0.2, 0.25) is 0 Å². The highest BCUT2D eigenvalue weighted by Gasteiger charge is 2.35. The van der Waals surface area contributed by atoms with Crippen molar-refractivity contribution in [3.8, 4) is 11.1 Å². The summed E-state index contributed by atoms with van der Waals surface area (Å²) in [6.45, 7) is 0. The van der Waals surface area contributed by atoms with Gasteiger partial charge >= 0.3 is 0 Å². The van der Waals surface area contributed by atoms with E-state index in [0.29, 0.717) is 22.8 Å². The van der Waals surface area contributed by atoms with Crippen molar-refractivity contribution in [3.05, 3.63) is 118 Å². The third-order valence-electron chi connectivity index (χ3n) is 6.55. The van der Waals surface area contributed by atoms with E-state index in [1.165, 1.54) is 29.0 Å². The Bertz CT molecular complexity index is 1840. The van der Waals surface area contributed by atoms with Crippen molar-refractivity contribution in [1.82, 2.24) is 19.9 Å². The van der Waals surface area contributed by atoms with Gasteiger partial charge in [-0.05, 0) is 66.2 Å². The lowest BCUT2D eigenvalue weighted by atomic mass is 9.93. The molecule has 3 aromatic carbocycles. The van der Waals surface area contributed by atoms with Gasteiger partial charge in [0.1, 0.15) is 18.0 Å². The standard InChI is InChI=1S/C28H16ClF4N5O2/c29-21-3-2-17(30)10-19(21)25-24-20(28(40)37-25)8-14(13-1-4-23-34-12-35-38(23)11-13)9-22(24)36-27(39)16-5-15(26(32)33)6-18(31)7-16/h1-12,25-26H,(H,36,39)(H,37,40)/t25-/m0/s1. The van der Waals surface area contributed by atoms with E-state index in [-0.39, 0.29) is 33.0 Å². The van der Waals surface area contributed by atoms with E-state index in [2.05, 4.69) is 20.7 Å². The second-order valence-electron chi connectivity index (χ2n) is 9.07. The zero-order valence-electron chi connectivity index (χ0n) is 20.1. The number of hydrogen-bond donors (Lipinski definition) is 2. The van der Waals surface area contributed by atoms with Crippen LogP contribution in [-0.2, 0) is 0 Å². The van der Waals surface area contributed by atoms with Crippen LogP contribution in [-0.4, -0.2) is 26.4 Å². The topological polar surface area (TPSA) is 88.4 Å². The maximum absolute atomic E-state index is 14.2. The first-order valence-corrected chi connectivity index (χ1v) is 12.2. The number of hydrogen-bond acceptors (Lipinski definition) is 4. The minimum Gasteiger partial charge on any atom is -0.341 e. The largest absolute Gasteiger partial charge is 0.341 e. The maximum atomic E-state index is 14.2. The summed E-state index contributed by atoms with van der Waals surface area (Å²) in [4.78, 5) is 30.5. The Morgan fingerprint density at radius 2 is 1.82 bits per heavy atom. The first-order chi connectivity index (χ1) is 19.2. The van der Waals surface area contributed by atoms with Crippen LogP contribution in [0.1, 0.15) is 49.9 Å². The predicted octanol–water partition coefficient (Wildman–Crippen LogP) is 6.35. The molecule has 0 aliphatic carbocycles. The van der Waals surface area contributed by atoms with Gasteiger partial charge in [-0.15, -0.1) is 0 Å². The average Bonchev–Trinajstić information content (AvgIpc) is 3.53. The Morgan fingerprint density at radius 3 is 2.62 bits per heavy atom. The van der Waals surface area contributed by atoms with Gasteiger partial charge in [0, 0.05) is 50.3 Å². The van der Waals surface area contributed by atoms with Gasteiger partial charge in [-0.25, -0.2) is 27.1 Å². The Morgan fingerprint density at radius 1 is 1.00 bits per heavy atom. The Kier molecular flexibility index (Phi) is 6.22. The maximum Gasteiger partial charge on any atom is 0.263 e. The molecule has 0 bridgehead atoms. The summed E-state index contributed by atoms with van der Waals surface area (Å²) in [7, 11) is 0. The van der Waals surface area contributed by atoms with Crippen LogP contribution in [0.4, 0.5) is 23.2 Å². The van der Waals surface area contributed by atoms with E-state index in [0.717, 1.165) is 12.1 Å². The van der Waals surface area contributed by atoms with E-state index in [1.54, 1.807) is 30.5 Å². The zero-order chi connectivity index (χ0) is 28.1. The summed E-state index contributed by atoms with van der Waals surface area (Å²) in [6, 6.07) is 11.7. The fourth-order valence-electron chi connectivity index (χ4n) is 4.72. The normalized spacial score (nSPS) is 14.4. The van der Waals surface area contributed by atoms with Crippen molar-refractivity contribution in [1.29, 1.82) is 0 Å². The number of carbonyl (C=O) groups is 2. The molecular weight excluding hydrogens is 550 g/mol. The molecule has 40 heavy (non-hydrogen) atoms. The number of benzene rings is 3. The third kappa shape index (κ3) is 4.54. The Hall–Kier alpha value is -4.77. The van der Waals surface area contributed by atoms with E-state index >= 15 is 0 Å². The molecule has 0 saturated heterocycles. The molecule has 0 spiro atoms. The lowest BCUT2D eigenvalue weighted by Gasteiger charge is -2.19. The molecule has 1 aliphatic heterocycles. The highest BCUT2D eigenvalue weighted by Crippen LogP contribution is 2.42. The molecule has 12 heteroatoms. The van der Waals surface area contributed by atoms with Crippen LogP contribution in [0.25, 0.3) is 16.8 Å². The van der Waals surface area contributed by atoms with Crippen molar-refractivity contribution in [2.45, 2.75) is 12.5 Å². The summed E-state index contributed by atoms with van der Waals surface area (Å²) in [5, 5.41) is 9.68. The molecule has 7 nitrogen and oxygen atoms in total. The second kappa shape index (κ2) is 9.76. The van der Waals surface area contributed by atoms with E-state index < -0.39 is 41.5 Å². The van der Waals surface area contributed by atoms with Crippen molar-refractivity contribution in [2.75, 3.05) is 5.32 Å². The fourth-order valence-corrected chi connectivity index (χ4v) is 4.95. The number of aromatic nitrogens is 3. The summed E-state index contributed by atoms with van der Waals surface area (Å²) < 4.78 is 56.3. The third-order valence-corrected chi connectivity index (χ3v) is 6.89. The molecule has 200 valence electrons. The lowest BCUT2D eigenvalue weighted by Crippen LogP contribution is -2.21. The highest BCUT2D eigenvalue weighted by atomic mass is 35.5. The number of pyridine rings is 1. The molecule has 0 unspecified atom stereocenters. The molecule has 6 rings (SSSR count). The molecule has 0 fully saturated rings. The second-order valence-corrected chi connectivity index (χ2v) is 9.47. The summed E-state index contributed by atoms with van der Waals surface area (Å²) in [5.41, 5.74) is 1.49. The van der Waals surface area contributed by atoms with E-state index in [1.807, 2.05) is 0 Å². The van der Waals surface area contributed by atoms with Gasteiger partial charge in [-0.1, -0.05) is 11.6 Å². The molecule has 2 N–H and O–H groups in total. The minimum absolute atomic E-state index is 0.114. The van der Waals surface area contributed by atoms with Gasteiger partial charge in [-0.3, -0.25) is 9.59 Å². The summed E-state index contributed by atoms with van der Waals surface area (Å²) in [5.74, 6) is -3.00. The van der Waals surface area contributed by atoms with Crippen molar-refractivity contribution >= 4 is 34.7 Å². The minimum atomic E-state index is -3.00. The quantitative estimate of drug-likeness (QED) is 0.243. The van der Waals surface area contributed by atoms with Crippen LogP contribution in [0, 0.1) is 11.6 Å². The first-order valence-electron chi connectivity index (χ1n) is 11.8. The average molecular weight is 566 g/mol. The van der Waals surface area contributed by atoms with Gasteiger partial charge in [0.15, 0.2) is 5.65 Å².